The van der Waals surface area contributed by atoms with Gasteiger partial charge in [0.25, 0.3) is 5.56 Å². The minimum absolute atomic E-state index is 0.0560. The molecule has 0 aliphatic rings. The zero-order valence-electron chi connectivity index (χ0n) is 18.1. The lowest BCUT2D eigenvalue weighted by Gasteiger charge is -2.17. The molecule has 0 aliphatic carbocycles. The molecule has 0 radical (unpaired) electrons. The number of benzene rings is 3. The number of ether oxygens (including phenoxy) is 1. The Morgan fingerprint density at radius 2 is 1.64 bits per heavy atom. The van der Waals surface area contributed by atoms with Crippen molar-refractivity contribution in [2.75, 3.05) is 7.11 Å². The van der Waals surface area contributed by atoms with Crippen LogP contribution in [0.5, 0.6) is 5.75 Å². The van der Waals surface area contributed by atoms with Gasteiger partial charge in [-0.05, 0) is 42.0 Å². The van der Waals surface area contributed by atoms with E-state index in [1.54, 1.807) is 36.9 Å². The molecule has 0 fully saturated rings. The van der Waals surface area contributed by atoms with E-state index in [4.69, 9.17) is 21.3 Å². The van der Waals surface area contributed by atoms with Crippen molar-refractivity contribution < 1.29 is 4.74 Å². The Kier molecular flexibility index (Phi) is 5.23. The maximum absolute atomic E-state index is 13.8. The number of hydrogen-bond acceptors (Lipinski definition) is 4. The Morgan fingerprint density at radius 1 is 0.939 bits per heavy atom. The number of hydrogen-bond donors (Lipinski definition) is 0. The van der Waals surface area contributed by atoms with Crippen LogP contribution >= 0.6 is 11.6 Å². The fourth-order valence-corrected chi connectivity index (χ4v) is 4.32. The van der Waals surface area contributed by atoms with Crippen molar-refractivity contribution in [3.05, 3.63) is 104 Å². The molecule has 6 nitrogen and oxygen atoms in total. The van der Waals surface area contributed by atoms with Crippen LogP contribution in [0.2, 0.25) is 5.02 Å². The Hall–Kier alpha value is -3.90. The van der Waals surface area contributed by atoms with E-state index < -0.39 is 5.56 Å². The highest BCUT2D eigenvalue weighted by Crippen LogP contribution is 2.27. The van der Waals surface area contributed by atoms with E-state index in [2.05, 4.69) is 0 Å². The molecule has 2 aromatic heterocycles. The smallest absolute Gasteiger partial charge is 0.267 e. The van der Waals surface area contributed by atoms with Gasteiger partial charge in [0.15, 0.2) is 5.65 Å². The minimum atomic E-state index is -0.405. The SMILES string of the molecule is COc1ccc(Cn2c(-c3ccccc3Cl)nc3c(c(=O)c4ccccc4n3C)c2=O)cc1. The van der Waals surface area contributed by atoms with Gasteiger partial charge in [-0.3, -0.25) is 14.2 Å². The Bertz CT molecular complexity index is 1640. The molecule has 0 aliphatic heterocycles. The summed E-state index contributed by atoms with van der Waals surface area (Å²) >= 11 is 6.50. The molecule has 0 saturated carbocycles. The third-order valence-electron chi connectivity index (χ3n) is 5.82. The third-order valence-corrected chi connectivity index (χ3v) is 6.15. The zero-order chi connectivity index (χ0) is 23.1. The fourth-order valence-electron chi connectivity index (χ4n) is 4.10. The predicted octanol–water partition coefficient (Wildman–Crippen LogP) is 4.63. The van der Waals surface area contributed by atoms with Gasteiger partial charge in [-0.15, -0.1) is 0 Å². The third kappa shape index (κ3) is 3.49. The van der Waals surface area contributed by atoms with Gasteiger partial charge in [-0.25, -0.2) is 4.98 Å². The average Bonchev–Trinajstić information content (AvgIpc) is 2.84. The van der Waals surface area contributed by atoms with Gasteiger partial charge in [0.05, 0.1) is 24.2 Å². The van der Waals surface area contributed by atoms with Crippen molar-refractivity contribution in [3.8, 4) is 17.1 Å². The van der Waals surface area contributed by atoms with Crippen LogP contribution in [0.1, 0.15) is 5.56 Å². The summed E-state index contributed by atoms with van der Waals surface area (Å²) in [6.45, 7) is 0.225. The Balaban J connectivity index is 1.87. The first kappa shape index (κ1) is 21.0. The molecule has 0 saturated heterocycles. The first-order valence-corrected chi connectivity index (χ1v) is 10.8. The molecule has 33 heavy (non-hydrogen) atoms. The maximum Gasteiger partial charge on any atom is 0.267 e. The van der Waals surface area contributed by atoms with Crippen LogP contribution in [-0.2, 0) is 13.6 Å². The molecule has 164 valence electrons. The predicted molar refractivity (Wildman–Crippen MR) is 131 cm³/mol. The number of methoxy groups -OCH3 is 1. The number of nitrogens with zero attached hydrogens (tertiary/aromatic N) is 3. The summed E-state index contributed by atoms with van der Waals surface area (Å²) in [5.74, 6) is 1.12. The summed E-state index contributed by atoms with van der Waals surface area (Å²) in [6.07, 6.45) is 0. The number of halogens is 1. The highest BCUT2D eigenvalue weighted by atomic mass is 35.5. The van der Waals surface area contributed by atoms with E-state index in [1.165, 1.54) is 4.57 Å². The second-order valence-electron chi connectivity index (χ2n) is 7.76. The molecule has 2 heterocycles. The van der Waals surface area contributed by atoms with Crippen molar-refractivity contribution in [2.45, 2.75) is 6.54 Å². The van der Waals surface area contributed by atoms with Crippen LogP contribution < -0.4 is 15.7 Å². The molecule has 0 unspecified atom stereocenters. The van der Waals surface area contributed by atoms with Gasteiger partial charge in [0, 0.05) is 18.0 Å². The van der Waals surface area contributed by atoms with E-state index in [0.717, 1.165) is 11.3 Å². The van der Waals surface area contributed by atoms with Gasteiger partial charge in [-0.1, -0.05) is 48.0 Å². The van der Waals surface area contributed by atoms with Crippen LogP contribution in [0.3, 0.4) is 0 Å². The second-order valence-corrected chi connectivity index (χ2v) is 8.17. The van der Waals surface area contributed by atoms with Gasteiger partial charge in [0.1, 0.15) is 17.0 Å². The van der Waals surface area contributed by atoms with Crippen molar-refractivity contribution >= 4 is 33.5 Å². The molecule has 0 amide bonds. The van der Waals surface area contributed by atoms with Gasteiger partial charge < -0.3 is 9.30 Å². The normalized spacial score (nSPS) is 11.2. The molecule has 7 heteroatoms. The lowest BCUT2D eigenvalue weighted by molar-refractivity contribution is 0.414. The van der Waals surface area contributed by atoms with Gasteiger partial charge >= 0.3 is 0 Å². The van der Waals surface area contributed by atoms with Crippen molar-refractivity contribution in [3.63, 3.8) is 0 Å². The van der Waals surface area contributed by atoms with Crippen LogP contribution in [0, 0.1) is 0 Å². The quantitative estimate of drug-likeness (QED) is 0.369. The highest BCUT2D eigenvalue weighted by Gasteiger charge is 2.20. The number of rotatable bonds is 4. The Labute approximate surface area is 194 Å². The van der Waals surface area contributed by atoms with E-state index in [1.807, 2.05) is 54.6 Å². The van der Waals surface area contributed by atoms with E-state index in [-0.39, 0.29) is 17.4 Å². The number of aromatic nitrogens is 3. The van der Waals surface area contributed by atoms with Crippen molar-refractivity contribution in [2.24, 2.45) is 7.05 Å². The summed E-state index contributed by atoms with van der Waals surface area (Å²) in [6, 6.07) is 21.9. The number of para-hydroxylation sites is 1. The zero-order valence-corrected chi connectivity index (χ0v) is 18.8. The monoisotopic (exact) mass is 457 g/mol. The van der Waals surface area contributed by atoms with E-state index in [9.17, 15) is 9.59 Å². The number of aryl methyl sites for hydroxylation is 1. The molecule has 3 aromatic carbocycles. The van der Waals surface area contributed by atoms with Crippen LogP contribution in [0.25, 0.3) is 33.3 Å². The number of pyridine rings is 1. The van der Waals surface area contributed by atoms with E-state index >= 15 is 0 Å². The van der Waals surface area contributed by atoms with Crippen LogP contribution in [-0.4, -0.2) is 21.2 Å². The number of fused-ring (bicyclic) bond motifs is 2. The average molecular weight is 458 g/mol. The van der Waals surface area contributed by atoms with Crippen molar-refractivity contribution in [1.82, 2.24) is 14.1 Å². The van der Waals surface area contributed by atoms with E-state index in [0.29, 0.717) is 33.0 Å². The lowest BCUT2D eigenvalue weighted by Crippen LogP contribution is -2.29. The molecule has 5 rings (SSSR count). The summed E-state index contributed by atoms with van der Waals surface area (Å²) in [5.41, 5.74) is 1.78. The van der Waals surface area contributed by atoms with Crippen molar-refractivity contribution in [1.29, 1.82) is 0 Å². The minimum Gasteiger partial charge on any atom is -0.497 e. The Morgan fingerprint density at radius 3 is 2.36 bits per heavy atom. The first-order valence-electron chi connectivity index (χ1n) is 10.4. The second kappa shape index (κ2) is 8.22. The fraction of sp³-hybridized carbons (Fsp3) is 0.115. The molecule has 0 atom stereocenters. The summed E-state index contributed by atoms with van der Waals surface area (Å²) < 4.78 is 8.54. The van der Waals surface area contributed by atoms with Gasteiger partial charge in [-0.2, -0.15) is 0 Å². The molecular formula is C26H20ClN3O3. The largest absolute Gasteiger partial charge is 0.497 e. The summed E-state index contributed by atoms with van der Waals surface area (Å²) in [4.78, 5) is 32.0. The summed E-state index contributed by atoms with van der Waals surface area (Å²) in [7, 11) is 3.41. The van der Waals surface area contributed by atoms with Crippen LogP contribution in [0.15, 0.2) is 82.4 Å². The van der Waals surface area contributed by atoms with Gasteiger partial charge in [0.2, 0.25) is 5.43 Å². The standard InChI is InChI=1S/C26H20ClN3O3/c1-29-21-10-6-4-8-19(21)23(31)22-25(29)28-24(18-7-3-5-9-20(18)27)30(26(22)32)15-16-11-13-17(33-2)14-12-16/h3-14H,15H2,1-2H3. The molecular weight excluding hydrogens is 438 g/mol. The highest BCUT2D eigenvalue weighted by molar-refractivity contribution is 6.33. The summed E-state index contributed by atoms with van der Waals surface area (Å²) in [5, 5.41) is 1.01. The molecule has 5 aromatic rings. The molecule has 0 spiro atoms. The maximum atomic E-state index is 13.8. The molecule has 0 bridgehead atoms. The van der Waals surface area contributed by atoms with Crippen LogP contribution in [0.4, 0.5) is 0 Å². The lowest BCUT2D eigenvalue weighted by atomic mass is 10.1. The topological polar surface area (TPSA) is 66.1 Å². The first-order chi connectivity index (χ1) is 16.0. The molecule has 0 N–H and O–H groups in total.